The second kappa shape index (κ2) is 5.87. The van der Waals surface area contributed by atoms with E-state index in [0.717, 1.165) is 25.1 Å². The first kappa shape index (κ1) is 14.3. The van der Waals surface area contributed by atoms with E-state index in [1.807, 2.05) is 4.90 Å². The molecule has 1 saturated heterocycles. The van der Waals surface area contributed by atoms with Crippen molar-refractivity contribution in [1.29, 1.82) is 0 Å². The first-order valence-electron chi connectivity index (χ1n) is 6.45. The van der Waals surface area contributed by atoms with E-state index in [9.17, 15) is 20.0 Å². The molecule has 1 fully saturated rings. The third-order valence-electron chi connectivity index (χ3n) is 3.56. The number of nitro benzene ring substituents is 1. The number of nitrogens with zero attached hydrogens (tertiary/aromatic N) is 2. The molecule has 1 aromatic carbocycles. The Morgan fingerprint density at radius 1 is 1.60 bits per heavy atom. The molecule has 2 rings (SSSR count). The molecule has 0 bridgehead atoms. The number of aliphatic hydroxyl groups excluding tert-OH is 1. The van der Waals surface area contributed by atoms with Crippen molar-refractivity contribution >= 4 is 17.3 Å². The van der Waals surface area contributed by atoms with Crippen LogP contribution in [-0.4, -0.2) is 35.6 Å². The average molecular weight is 279 g/mol. The van der Waals surface area contributed by atoms with Gasteiger partial charge < -0.3 is 15.3 Å². The monoisotopic (exact) mass is 279 g/mol. The molecule has 0 spiro atoms. The predicted molar refractivity (Wildman–Crippen MR) is 73.5 cm³/mol. The molecular formula is C13H17N3O4. The van der Waals surface area contributed by atoms with Crippen LogP contribution in [0.2, 0.25) is 0 Å². The Hall–Kier alpha value is -2.15. The van der Waals surface area contributed by atoms with Crippen molar-refractivity contribution in [3.8, 4) is 0 Å². The topological polar surface area (TPSA) is 95.7 Å². The van der Waals surface area contributed by atoms with Gasteiger partial charge in [0.25, 0.3) is 5.69 Å². The lowest BCUT2D eigenvalue weighted by molar-refractivity contribution is -0.385. The Kier molecular flexibility index (Phi) is 4.19. The fourth-order valence-electron chi connectivity index (χ4n) is 2.57. The van der Waals surface area contributed by atoms with Crippen LogP contribution >= 0.6 is 0 Å². The highest BCUT2D eigenvalue weighted by molar-refractivity contribution is 5.85. The SMILES string of the molecule is CNC(=O)C1CCCN1c1ccc([N+](=O)[O-])c(CO)c1. The largest absolute Gasteiger partial charge is 0.391 e. The summed E-state index contributed by atoms with van der Waals surface area (Å²) < 4.78 is 0. The third kappa shape index (κ3) is 2.57. The quantitative estimate of drug-likeness (QED) is 0.628. The van der Waals surface area contributed by atoms with Crippen LogP contribution in [0.1, 0.15) is 18.4 Å². The van der Waals surface area contributed by atoms with Crippen molar-refractivity contribution in [2.45, 2.75) is 25.5 Å². The summed E-state index contributed by atoms with van der Waals surface area (Å²) in [6.07, 6.45) is 1.65. The van der Waals surface area contributed by atoms with E-state index < -0.39 is 11.5 Å². The van der Waals surface area contributed by atoms with Gasteiger partial charge in [-0.15, -0.1) is 0 Å². The molecule has 1 amide bonds. The number of hydrogen-bond donors (Lipinski definition) is 2. The third-order valence-corrected chi connectivity index (χ3v) is 3.56. The van der Waals surface area contributed by atoms with Crippen LogP contribution in [0.25, 0.3) is 0 Å². The molecule has 0 aliphatic carbocycles. The van der Waals surface area contributed by atoms with Crippen LogP contribution < -0.4 is 10.2 Å². The van der Waals surface area contributed by atoms with Crippen LogP contribution in [0.5, 0.6) is 0 Å². The van der Waals surface area contributed by atoms with E-state index in [0.29, 0.717) is 0 Å². The molecule has 1 aliphatic rings. The summed E-state index contributed by atoms with van der Waals surface area (Å²) in [4.78, 5) is 24.1. The van der Waals surface area contributed by atoms with E-state index in [4.69, 9.17) is 0 Å². The van der Waals surface area contributed by atoms with Gasteiger partial charge >= 0.3 is 0 Å². The molecular weight excluding hydrogens is 262 g/mol. The van der Waals surface area contributed by atoms with Crippen molar-refractivity contribution in [2.75, 3.05) is 18.5 Å². The van der Waals surface area contributed by atoms with Gasteiger partial charge in [-0.05, 0) is 25.0 Å². The molecule has 1 atom stereocenters. The van der Waals surface area contributed by atoms with Gasteiger partial charge in [-0.1, -0.05) is 0 Å². The summed E-state index contributed by atoms with van der Waals surface area (Å²) in [5, 5.41) is 22.7. The van der Waals surface area contributed by atoms with Crippen molar-refractivity contribution in [3.63, 3.8) is 0 Å². The second-order valence-corrected chi connectivity index (χ2v) is 4.69. The van der Waals surface area contributed by atoms with Crippen molar-refractivity contribution < 1.29 is 14.8 Å². The molecule has 0 aromatic heterocycles. The predicted octanol–water partition coefficient (Wildman–Crippen LogP) is 0.802. The maximum atomic E-state index is 11.8. The number of likely N-dealkylation sites (N-methyl/N-ethyl adjacent to an activating group) is 1. The minimum Gasteiger partial charge on any atom is -0.391 e. The number of nitrogens with one attached hydrogen (secondary N) is 1. The van der Waals surface area contributed by atoms with Gasteiger partial charge in [-0.2, -0.15) is 0 Å². The number of anilines is 1. The maximum Gasteiger partial charge on any atom is 0.275 e. The zero-order chi connectivity index (χ0) is 14.7. The van der Waals surface area contributed by atoms with Gasteiger partial charge in [0.2, 0.25) is 5.91 Å². The van der Waals surface area contributed by atoms with Crippen molar-refractivity contribution in [3.05, 3.63) is 33.9 Å². The Bertz CT molecular complexity index is 532. The molecule has 20 heavy (non-hydrogen) atoms. The molecule has 1 unspecified atom stereocenters. The number of carbonyl (C=O) groups is 1. The van der Waals surface area contributed by atoms with Gasteiger partial charge in [-0.25, -0.2) is 0 Å². The summed E-state index contributed by atoms with van der Waals surface area (Å²) in [5.74, 6) is -0.0635. The lowest BCUT2D eigenvalue weighted by Gasteiger charge is -2.25. The van der Waals surface area contributed by atoms with E-state index in [2.05, 4.69) is 5.32 Å². The van der Waals surface area contributed by atoms with Gasteiger partial charge in [0.05, 0.1) is 17.1 Å². The highest BCUT2D eigenvalue weighted by Gasteiger charge is 2.30. The van der Waals surface area contributed by atoms with Crippen LogP contribution in [-0.2, 0) is 11.4 Å². The minimum atomic E-state index is -0.518. The van der Waals surface area contributed by atoms with Gasteiger partial charge in [0.1, 0.15) is 6.04 Å². The zero-order valence-electron chi connectivity index (χ0n) is 11.2. The summed E-state index contributed by atoms with van der Waals surface area (Å²) >= 11 is 0. The zero-order valence-corrected chi connectivity index (χ0v) is 11.2. The Balaban J connectivity index is 2.33. The number of hydrogen-bond acceptors (Lipinski definition) is 5. The highest BCUT2D eigenvalue weighted by atomic mass is 16.6. The Morgan fingerprint density at radius 2 is 2.35 bits per heavy atom. The molecule has 7 nitrogen and oxygen atoms in total. The summed E-state index contributed by atoms with van der Waals surface area (Å²) in [5.41, 5.74) is 0.882. The maximum absolute atomic E-state index is 11.8. The van der Waals surface area contributed by atoms with E-state index in [1.54, 1.807) is 19.2 Å². The molecule has 2 N–H and O–H groups in total. The fourth-order valence-corrected chi connectivity index (χ4v) is 2.57. The van der Waals surface area contributed by atoms with Crippen LogP contribution in [0.15, 0.2) is 18.2 Å². The normalized spacial score (nSPS) is 18.1. The van der Waals surface area contributed by atoms with Crippen molar-refractivity contribution in [1.82, 2.24) is 5.32 Å². The molecule has 0 radical (unpaired) electrons. The molecule has 1 heterocycles. The van der Waals surface area contributed by atoms with Crippen LogP contribution in [0.3, 0.4) is 0 Å². The Morgan fingerprint density at radius 3 is 2.95 bits per heavy atom. The number of aliphatic hydroxyl groups is 1. The van der Waals surface area contributed by atoms with Crippen molar-refractivity contribution in [2.24, 2.45) is 0 Å². The fraction of sp³-hybridized carbons (Fsp3) is 0.462. The first-order valence-corrected chi connectivity index (χ1v) is 6.45. The van der Waals surface area contributed by atoms with Crippen LogP contribution in [0, 0.1) is 10.1 Å². The Labute approximate surface area is 116 Å². The number of nitro groups is 1. The lowest BCUT2D eigenvalue weighted by atomic mass is 10.1. The second-order valence-electron chi connectivity index (χ2n) is 4.69. The molecule has 7 heteroatoms. The van der Waals surface area contributed by atoms with Gasteiger partial charge in [0, 0.05) is 25.3 Å². The number of carbonyl (C=O) groups excluding carboxylic acids is 1. The summed E-state index contributed by atoms with van der Waals surface area (Å²) in [7, 11) is 1.59. The standard InChI is InChI=1S/C13H17N3O4/c1-14-13(18)12-3-2-6-15(12)10-4-5-11(16(19)20)9(7-10)8-17/h4-5,7,12,17H,2-3,6,8H2,1H3,(H,14,18). The number of amides is 1. The van der Waals surface area contributed by atoms with Gasteiger partial charge in [-0.3, -0.25) is 14.9 Å². The van der Waals surface area contributed by atoms with E-state index in [1.165, 1.54) is 6.07 Å². The first-order chi connectivity index (χ1) is 9.58. The minimum absolute atomic E-state index is 0.0635. The average Bonchev–Trinajstić information content (AvgIpc) is 2.94. The highest BCUT2D eigenvalue weighted by Crippen LogP contribution is 2.30. The van der Waals surface area contributed by atoms with Gasteiger partial charge in [0.15, 0.2) is 0 Å². The number of benzene rings is 1. The van der Waals surface area contributed by atoms with E-state index >= 15 is 0 Å². The molecule has 108 valence electrons. The number of rotatable bonds is 4. The summed E-state index contributed by atoms with van der Waals surface area (Å²) in [6.45, 7) is 0.323. The smallest absolute Gasteiger partial charge is 0.275 e. The van der Waals surface area contributed by atoms with Crippen LogP contribution in [0.4, 0.5) is 11.4 Å². The summed E-state index contributed by atoms with van der Waals surface area (Å²) in [6, 6.07) is 4.32. The molecule has 1 aliphatic heterocycles. The molecule has 0 saturated carbocycles. The van der Waals surface area contributed by atoms with E-state index in [-0.39, 0.29) is 23.2 Å². The molecule has 1 aromatic rings. The lowest BCUT2D eigenvalue weighted by Crippen LogP contribution is -2.42.